The van der Waals surface area contributed by atoms with E-state index in [1.807, 2.05) is 19.9 Å². The van der Waals surface area contributed by atoms with Crippen molar-refractivity contribution in [3.05, 3.63) is 65.7 Å². The maximum Gasteiger partial charge on any atom is 0.243 e. The van der Waals surface area contributed by atoms with Crippen LogP contribution in [0.15, 0.2) is 54.6 Å². The third-order valence-corrected chi connectivity index (χ3v) is 8.42. The molecule has 1 saturated heterocycles. The molecule has 1 aliphatic rings. The Morgan fingerprint density at radius 2 is 1.30 bits per heavy atom. The molecule has 3 rings (SSSR count). The SMILES string of the molecule is CC(C)CC1NC(=O)[C@H](Cc2ccccc2)NC(=O)CNC(=O)CNC(=O)[C@H](Cc2ccc(O)cc2)NC(=O)C(NC(=O)[C@H](C)N)CCCCNC1=O. The molecule has 0 bridgehead atoms. The van der Waals surface area contributed by atoms with E-state index in [0.717, 1.165) is 5.56 Å². The van der Waals surface area contributed by atoms with E-state index in [2.05, 4.69) is 37.2 Å². The largest absolute Gasteiger partial charge is 0.508 e. The number of hydrogen-bond acceptors (Lipinski definition) is 9. The van der Waals surface area contributed by atoms with Gasteiger partial charge >= 0.3 is 0 Å². The van der Waals surface area contributed by atoms with Crippen LogP contribution in [0.5, 0.6) is 5.75 Å². The van der Waals surface area contributed by atoms with Crippen molar-refractivity contribution in [1.82, 2.24) is 37.2 Å². The highest BCUT2D eigenvalue weighted by atomic mass is 16.3. The van der Waals surface area contributed by atoms with Crippen LogP contribution in [0, 0.1) is 5.92 Å². The van der Waals surface area contributed by atoms with Crippen LogP contribution >= 0.6 is 0 Å². The van der Waals surface area contributed by atoms with Crippen LogP contribution in [-0.4, -0.2) is 96.3 Å². The Morgan fingerprint density at radius 1 is 0.717 bits per heavy atom. The molecule has 288 valence electrons. The van der Waals surface area contributed by atoms with E-state index in [1.165, 1.54) is 19.1 Å². The molecule has 16 nitrogen and oxygen atoms in total. The molecule has 10 N–H and O–H groups in total. The van der Waals surface area contributed by atoms with Crippen LogP contribution in [0.1, 0.15) is 57.6 Å². The summed E-state index contributed by atoms with van der Waals surface area (Å²) in [6.07, 6.45) is 1.34. The fourth-order valence-electron chi connectivity index (χ4n) is 5.54. The molecule has 1 fully saturated rings. The van der Waals surface area contributed by atoms with Gasteiger partial charge in [0, 0.05) is 19.4 Å². The van der Waals surface area contributed by atoms with Crippen molar-refractivity contribution in [1.29, 1.82) is 0 Å². The molecule has 7 amide bonds. The summed E-state index contributed by atoms with van der Waals surface area (Å²) in [6, 6.07) is 9.80. The maximum atomic E-state index is 13.6. The minimum Gasteiger partial charge on any atom is -0.508 e. The number of phenols is 1. The highest BCUT2D eigenvalue weighted by molar-refractivity contribution is 5.95. The summed E-state index contributed by atoms with van der Waals surface area (Å²) in [6.45, 7) is 4.43. The van der Waals surface area contributed by atoms with E-state index in [1.54, 1.807) is 36.4 Å². The number of hydrogen-bond donors (Lipinski definition) is 9. The molecule has 16 heteroatoms. The Balaban J connectivity index is 1.87. The third kappa shape index (κ3) is 14.9. The summed E-state index contributed by atoms with van der Waals surface area (Å²) >= 11 is 0. The monoisotopic (exact) mass is 736 g/mol. The number of aromatic hydroxyl groups is 1. The van der Waals surface area contributed by atoms with Gasteiger partial charge in [-0.25, -0.2) is 0 Å². The molecule has 1 aliphatic heterocycles. The summed E-state index contributed by atoms with van der Waals surface area (Å²) in [5.41, 5.74) is 7.09. The quantitative estimate of drug-likeness (QED) is 0.162. The second-order valence-electron chi connectivity index (χ2n) is 13.6. The van der Waals surface area contributed by atoms with Gasteiger partial charge in [-0.1, -0.05) is 56.3 Å². The van der Waals surface area contributed by atoms with Crippen LogP contribution < -0.4 is 43.0 Å². The first kappa shape index (κ1) is 41.9. The lowest BCUT2D eigenvalue weighted by Gasteiger charge is -2.25. The average molecular weight is 737 g/mol. The number of nitrogens with one attached hydrogen (secondary N) is 7. The van der Waals surface area contributed by atoms with Crippen molar-refractivity contribution in [3.63, 3.8) is 0 Å². The maximum absolute atomic E-state index is 13.6. The van der Waals surface area contributed by atoms with Crippen molar-refractivity contribution < 1.29 is 38.7 Å². The Hall–Kier alpha value is -5.51. The first-order valence-corrected chi connectivity index (χ1v) is 17.8. The Kier molecular flexibility index (Phi) is 16.7. The minimum absolute atomic E-state index is 0.00260. The molecule has 0 radical (unpaired) electrons. The fourth-order valence-corrected chi connectivity index (χ4v) is 5.54. The number of amides is 7. The number of carbonyl (C=O) groups is 7. The number of carbonyl (C=O) groups excluding carboxylic acids is 7. The van der Waals surface area contributed by atoms with E-state index >= 15 is 0 Å². The van der Waals surface area contributed by atoms with Crippen LogP contribution in [0.25, 0.3) is 0 Å². The summed E-state index contributed by atoms with van der Waals surface area (Å²) < 4.78 is 0. The fraction of sp³-hybridized carbons (Fsp3) is 0.486. The van der Waals surface area contributed by atoms with Crippen LogP contribution in [0.2, 0.25) is 0 Å². The van der Waals surface area contributed by atoms with E-state index < -0.39 is 84.6 Å². The van der Waals surface area contributed by atoms with Crippen molar-refractivity contribution in [2.24, 2.45) is 11.7 Å². The van der Waals surface area contributed by atoms with Gasteiger partial charge in [-0.15, -0.1) is 0 Å². The van der Waals surface area contributed by atoms with Gasteiger partial charge in [0.25, 0.3) is 0 Å². The number of phenolic OH excluding ortho intramolecular Hbond substituents is 1. The Morgan fingerprint density at radius 3 is 1.94 bits per heavy atom. The van der Waals surface area contributed by atoms with Gasteiger partial charge in [0.2, 0.25) is 41.4 Å². The minimum atomic E-state index is -1.20. The van der Waals surface area contributed by atoms with Crippen molar-refractivity contribution >= 4 is 41.4 Å². The molecule has 1 heterocycles. The second-order valence-corrected chi connectivity index (χ2v) is 13.6. The molecule has 0 aliphatic carbocycles. The van der Waals surface area contributed by atoms with E-state index in [4.69, 9.17) is 5.73 Å². The molecule has 0 aromatic heterocycles. The topological polar surface area (TPSA) is 250 Å². The van der Waals surface area contributed by atoms with E-state index in [0.29, 0.717) is 24.8 Å². The zero-order valence-electron chi connectivity index (χ0n) is 30.4. The van der Waals surface area contributed by atoms with Crippen molar-refractivity contribution in [3.8, 4) is 5.75 Å². The van der Waals surface area contributed by atoms with E-state index in [9.17, 15) is 38.7 Å². The predicted octanol–water partition coefficient (Wildman–Crippen LogP) is -0.958. The molecule has 5 atom stereocenters. The first-order chi connectivity index (χ1) is 25.2. The van der Waals surface area contributed by atoms with Gasteiger partial charge < -0.3 is 48.1 Å². The van der Waals surface area contributed by atoms with Gasteiger partial charge in [-0.3, -0.25) is 33.6 Å². The first-order valence-electron chi connectivity index (χ1n) is 17.8. The lowest BCUT2D eigenvalue weighted by Crippen LogP contribution is -2.57. The third-order valence-electron chi connectivity index (χ3n) is 8.42. The molecule has 0 saturated carbocycles. The molecular formula is C37H52N8O8. The number of benzene rings is 2. The molecular weight excluding hydrogens is 684 g/mol. The highest BCUT2D eigenvalue weighted by Gasteiger charge is 2.30. The van der Waals surface area contributed by atoms with Gasteiger partial charge in [0.1, 0.15) is 29.9 Å². The Bertz CT molecular complexity index is 1570. The van der Waals surface area contributed by atoms with Gasteiger partial charge in [0.05, 0.1) is 19.1 Å². The smallest absolute Gasteiger partial charge is 0.243 e. The normalized spacial score (nSPS) is 22.4. The van der Waals surface area contributed by atoms with Crippen molar-refractivity contribution in [2.45, 2.75) is 89.5 Å². The molecule has 2 unspecified atom stereocenters. The average Bonchev–Trinajstić information content (AvgIpc) is 3.11. The number of rotatable bonds is 8. The molecule has 2 aromatic carbocycles. The Labute approximate surface area is 309 Å². The molecule has 0 spiro atoms. The lowest BCUT2D eigenvalue weighted by atomic mass is 10.0. The molecule has 53 heavy (non-hydrogen) atoms. The van der Waals surface area contributed by atoms with Gasteiger partial charge in [-0.05, 0) is 61.8 Å². The summed E-state index contributed by atoms with van der Waals surface area (Å²) in [4.78, 5) is 92.2. The summed E-state index contributed by atoms with van der Waals surface area (Å²) in [7, 11) is 0. The van der Waals surface area contributed by atoms with Crippen molar-refractivity contribution in [2.75, 3.05) is 19.6 Å². The highest BCUT2D eigenvalue weighted by Crippen LogP contribution is 2.13. The zero-order chi connectivity index (χ0) is 38.9. The second kappa shape index (κ2) is 21.1. The standard InChI is InChI=1S/C37H52N8O8/c1-22(2)17-28-34(50)39-16-8-7-11-27(43-33(49)23(3)38)36(52)45-29(19-25-12-14-26(46)15-13-25)35(51)41-20-31(47)40-21-32(48)42-30(37(53)44-28)18-24-9-5-4-6-10-24/h4-6,9-10,12-15,22-23,27-30,46H,7-8,11,16-21,38H2,1-3H3,(H,39,50)(H,40,47)(H,41,51)(H,42,48)(H,43,49)(H,44,53)(H,45,52)/t23-,27?,28?,29-,30-/m0/s1. The predicted molar refractivity (Wildman–Crippen MR) is 196 cm³/mol. The lowest BCUT2D eigenvalue weighted by molar-refractivity contribution is -0.133. The number of nitrogens with two attached hydrogens (primary N) is 1. The van der Waals surface area contributed by atoms with Crippen LogP contribution in [0.4, 0.5) is 0 Å². The van der Waals surface area contributed by atoms with Gasteiger partial charge in [0.15, 0.2) is 0 Å². The summed E-state index contributed by atoms with van der Waals surface area (Å²) in [5.74, 6) is -4.33. The van der Waals surface area contributed by atoms with E-state index in [-0.39, 0.29) is 37.5 Å². The van der Waals surface area contributed by atoms with Gasteiger partial charge in [-0.2, -0.15) is 0 Å². The van der Waals surface area contributed by atoms with Crippen LogP contribution in [0.3, 0.4) is 0 Å². The molecule has 2 aromatic rings. The van der Waals surface area contributed by atoms with Crippen LogP contribution in [-0.2, 0) is 46.4 Å². The summed E-state index contributed by atoms with van der Waals surface area (Å²) in [5, 5.41) is 28.2. The zero-order valence-corrected chi connectivity index (χ0v) is 30.4.